The Morgan fingerprint density at radius 2 is 1.74 bits per heavy atom. The van der Waals surface area contributed by atoms with E-state index in [1.807, 2.05) is 24.5 Å². The number of rotatable bonds is 12. The maximum Gasteiger partial charge on any atom is 0.231 e. The lowest BCUT2D eigenvalue weighted by Crippen LogP contribution is -2.26. The summed E-state index contributed by atoms with van der Waals surface area (Å²) in [4.78, 5) is 2.17. The number of thiocarbonyl (C=S) groups is 1. The van der Waals surface area contributed by atoms with Crippen LogP contribution in [0, 0.1) is 0 Å². The van der Waals surface area contributed by atoms with Crippen molar-refractivity contribution in [2.24, 2.45) is 0 Å². The average Bonchev–Trinajstić information content (AvgIpc) is 3.25. The molecule has 4 nitrogen and oxygen atoms in total. The van der Waals surface area contributed by atoms with Crippen LogP contribution in [0.2, 0.25) is 0 Å². The fourth-order valence-electron chi connectivity index (χ4n) is 3.33. The van der Waals surface area contributed by atoms with Crippen LogP contribution in [0.3, 0.4) is 0 Å². The Labute approximate surface area is 203 Å². The summed E-state index contributed by atoms with van der Waals surface area (Å²) in [6.45, 7) is 10.9. The smallest absolute Gasteiger partial charge is 0.231 e. The fraction of sp³-hybridized carbons (Fsp3) is 0.708. The van der Waals surface area contributed by atoms with Crippen LogP contribution in [-0.4, -0.2) is 50.9 Å². The molecular formula is C24H41NO3S3. The minimum atomic E-state index is -0.743. The summed E-state index contributed by atoms with van der Waals surface area (Å²) < 4.78 is 24.0. The zero-order chi connectivity index (χ0) is 23.1. The first kappa shape index (κ1) is 28.4. The lowest BCUT2D eigenvalue weighted by Gasteiger charge is -2.19. The first-order valence-electron chi connectivity index (χ1n) is 11.5. The Bertz CT molecular complexity index is 626. The van der Waals surface area contributed by atoms with Crippen LogP contribution < -0.4 is 9.47 Å². The second-order valence-corrected chi connectivity index (χ2v) is 11.1. The molecular weight excluding hydrogens is 446 g/mol. The van der Waals surface area contributed by atoms with E-state index in [1.54, 1.807) is 11.8 Å². The van der Waals surface area contributed by atoms with Gasteiger partial charge in [-0.15, -0.1) is 11.8 Å². The molecule has 0 aromatic heterocycles. The number of hydrogen-bond acceptors (Lipinski definition) is 5. The Hall–Kier alpha value is -0.630. The highest BCUT2D eigenvalue weighted by Crippen LogP contribution is 2.33. The number of hydrogen-bond donors (Lipinski definition) is 0. The molecule has 0 bridgehead atoms. The zero-order valence-corrected chi connectivity index (χ0v) is 22.4. The van der Waals surface area contributed by atoms with Gasteiger partial charge in [0.15, 0.2) is 11.5 Å². The summed E-state index contributed by atoms with van der Waals surface area (Å²) in [5.41, 5.74) is 1.17. The lowest BCUT2D eigenvalue weighted by atomic mass is 10.1. The van der Waals surface area contributed by atoms with Crippen molar-refractivity contribution in [2.45, 2.75) is 77.9 Å². The van der Waals surface area contributed by atoms with Gasteiger partial charge in [0, 0.05) is 19.5 Å². The minimum Gasteiger partial charge on any atom is -0.616 e. The summed E-state index contributed by atoms with van der Waals surface area (Å²) in [7, 11) is 0. The van der Waals surface area contributed by atoms with Crippen molar-refractivity contribution in [1.82, 2.24) is 4.90 Å². The Kier molecular flexibility index (Phi) is 15.5. The third-order valence-electron chi connectivity index (χ3n) is 5.30. The van der Waals surface area contributed by atoms with E-state index in [0.717, 1.165) is 47.5 Å². The topological polar surface area (TPSA) is 44.8 Å². The fourth-order valence-corrected chi connectivity index (χ4v) is 5.37. The number of nitrogens with zero attached hydrogens (tertiary/aromatic N) is 1. The molecule has 2 rings (SSSR count). The van der Waals surface area contributed by atoms with Crippen molar-refractivity contribution in [3.8, 4) is 11.5 Å². The third kappa shape index (κ3) is 11.2. The molecule has 1 aromatic rings. The first-order chi connectivity index (χ1) is 15.0. The SMILES string of the molecule is CCCCCCCC[S+]([O-])C(C)Cc1ccc2c(c1)OCO2.CCN(CC)C(=S)SC. The van der Waals surface area contributed by atoms with Crippen molar-refractivity contribution in [2.75, 3.05) is 31.9 Å². The van der Waals surface area contributed by atoms with E-state index in [0.29, 0.717) is 6.79 Å². The van der Waals surface area contributed by atoms with Gasteiger partial charge in [0.05, 0.1) is 0 Å². The quantitative estimate of drug-likeness (QED) is 0.192. The molecule has 7 heteroatoms. The van der Waals surface area contributed by atoms with Gasteiger partial charge in [0.25, 0.3) is 0 Å². The summed E-state index contributed by atoms with van der Waals surface area (Å²) in [5, 5.41) is 0.191. The van der Waals surface area contributed by atoms with Gasteiger partial charge in [-0.3, -0.25) is 0 Å². The maximum absolute atomic E-state index is 12.3. The standard InChI is InChI=1S/C18H28O3S.C6H13NS2/c1-3-4-5-6-7-8-11-22(19)15(2)12-16-9-10-17-18(13-16)21-14-20-17;1-4-7(5-2)6(8)9-3/h9-10,13,15H,3-8,11-12,14H2,1-2H3;4-5H2,1-3H3. The molecule has 0 fully saturated rings. The predicted octanol–water partition coefficient (Wildman–Crippen LogP) is 6.43. The predicted molar refractivity (Wildman–Crippen MR) is 141 cm³/mol. The molecule has 0 saturated carbocycles. The van der Waals surface area contributed by atoms with Crippen molar-refractivity contribution in [3.05, 3.63) is 23.8 Å². The van der Waals surface area contributed by atoms with Crippen molar-refractivity contribution >= 4 is 39.5 Å². The molecule has 0 N–H and O–H groups in total. The zero-order valence-electron chi connectivity index (χ0n) is 20.0. The van der Waals surface area contributed by atoms with Crippen LogP contribution in [0.25, 0.3) is 0 Å². The molecule has 0 radical (unpaired) electrons. The summed E-state index contributed by atoms with van der Waals surface area (Å²) in [5.74, 6) is 2.45. The van der Waals surface area contributed by atoms with Crippen molar-refractivity contribution in [3.63, 3.8) is 0 Å². The lowest BCUT2D eigenvalue weighted by molar-refractivity contribution is 0.174. The molecule has 2 atom stereocenters. The molecule has 0 spiro atoms. The Balaban J connectivity index is 0.000000452. The normalized spacial score (nSPS) is 13.9. The van der Waals surface area contributed by atoms with E-state index in [1.165, 1.54) is 37.7 Å². The van der Waals surface area contributed by atoms with E-state index in [-0.39, 0.29) is 5.25 Å². The van der Waals surface area contributed by atoms with E-state index in [2.05, 4.69) is 32.6 Å². The van der Waals surface area contributed by atoms with Crippen LogP contribution in [-0.2, 0) is 17.6 Å². The number of unbranched alkanes of at least 4 members (excludes halogenated alkanes) is 5. The van der Waals surface area contributed by atoms with Crippen LogP contribution in [0.15, 0.2) is 18.2 Å². The molecule has 31 heavy (non-hydrogen) atoms. The molecule has 1 aliphatic rings. The molecule has 2 unspecified atom stereocenters. The van der Waals surface area contributed by atoms with Crippen LogP contribution in [0.4, 0.5) is 0 Å². The molecule has 178 valence electrons. The largest absolute Gasteiger partial charge is 0.616 e. The van der Waals surface area contributed by atoms with Gasteiger partial charge in [-0.25, -0.2) is 0 Å². The molecule has 1 heterocycles. The van der Waals surface area contributed by atoms with Crippen molar-refractivity contribution in [1.29, 1.82) is 0 Å². The van der Waals surface area contributed by atoms with Gasteiger partial charge in [-0.05, 0) is 57.6 Å². The van der Waals surface area contributed by atoms with E-state index in [9.17, 15) is 4.55 Å². The van der Waals surface area contributed by atoms with Gasteiger partial charge in [-0.2, -0.15) is 0 Å². The number of fused-ring (bicyclic) bond motifs is 1. The Morgan fingerprint density at radius 3 is 2.35 bits per heavy atom. The molecule has 0 saturated heterocycles. The maximum atomic E-state index is 12.3. The Morgan fingerprint density at radius 1 is 1.10 bits per heavy atom. The van der Waals surface area contributed by atoms with Gasteiger partial charge in [0.2, 0.25) is 6.79 Å². The van der Waals surface area contributed by atoms with E-state index in [4.69, 9.17) is 21.7 Å². The number of thioether (sulfide) groups is 1. The van der Waals surface area contributed by atoms with Gasteiger partial charge < -0.3 is 18.9 Å². The van der Waals surface area contributed by atoms with Crippen LogP contribution in [0.1, 0.15) is 71.8 Å². The van der Waals surface area contributed by atoms with Gasteiger partial charge in [0.1, 0.15) is 15.3 Å². The van der Waals surface area contributed by atoms with E-state index < -0.39 is 11.2 Å². The molecule has 0 aliphatic carbocycles. The highest BCUT2D eigenvalue weighted by molar-refractivity contribution is 8.22. The van der Waals surface area contributed by atoms with E-state index >= 15 is 0 Å². The van der Waals surface area contributed by atoms with Crippen LogP contribution >= 0.6 is 24.0 Å². The molecule has 1 aromatic carbocycles. The number of ether oxygens (including phenoxy) is 2. The van der Waals surface area contributed by atoms with Gasteiger partial charge in [-0.1, -0.05) is 62.1 Å². The third-order valence-corrected chi connectivity index (χ3v) is 8.43. The summed E-state index contributed by atoms with van der Waals surface area (Å²) >= 11 is 5.96. The second kappa shape index (κ2) is 16.9. The van der Waals surface area contributed by atoms with Crippen LogP contribution in [0.5, 0.6) is 11.5 Å². The number of benzene rings is 1. The average molecular weight is 488 g/mol. The summed E-state index contributed by atoms with van der Waals surface area (Å²) in [6, 6.07) is 6.01. The molecule has 1 aliphatic heterocycles. The monoisotopic (exact) mass is 487 g/mol. The highest BCUT2D eigenvalue weighted by Gasteiger charge is 2.19. The first-order valence-corrected chi connectivity index (χ1v) is 14.6. The minimum absolute atomic E-state index is 0.191. The van der Waals surface area contributed by atoms with Crippen molar-refractivity contribution < 1.29 is 14.0 Å². The highest BCUT2D eigenvalue weighted by atomic mass is 32.2. The molecule has 0 amide bonds. The summed E-state index contributed by atoms with van der Waals surface area (Å²) in [6.07, 6.45) is 10.3. The second-order valence-electron chi connectivity index (χ2n) is 7.70. The van der Waals surface area contributed by atoms with Gasteiger partial charge >= 0.3 is 0 Å².